The van der Waals surface area contributed by atoms with E-state index in [9.17, 15) is 37.9 Å². The molecule has 0 radical (unpaired) electrons. The molecule has 0 amide bonds. The summed E-state index contributed by atoms with van der Waals surface area (Å²) in [5, 5.41) is 37.7. The molecule has 0 aliphatic heterocycles. The summed E-state index contributed by atoms with van der Waals surface area (Å²) >= 11 is 0. The molecule has 0 aromatic heterocycles. The van der Waals surface area contributed by atoms with Crippen LogP contribution in [0.5, 0.6) is 0 Å². The van der Waals surface area contributed by atoms with Gasteiger partial charge in [0.15, 0.2) is 0 Å². The molecule has 0 fully saturated rings. The van der Waals surface area contributed by atoms with Crippen LogP contribution in [0, 0.1) is 0 Å². The van der Waals surface area contributed by atoms with Gasteiger partial charge in [0, 0.05) is 11.1 Å². The van der Waals surface area contributed by atoms with Gasteiger partial charge >= 0.3 is 41.5 Å². The minimum absolute atomic E-state index is 0. The molecule has 11 heteroatoms. The standard InChI is InChI=1S/C12H14O9S.Na.H/c1-4(13)8-6(11(15)16)3-7(22(19,20)21)9(5(2)14)10(8)12(17)18;;/h3-5,13-14H,1-2H3,(H,15,16)(H,17,18)(H,19,20,21);;/q;+1;-1. The van der Waals surface area contributed by atoms with Gasteiger partial charge in [-0.25, -0.2) is 9.59 Å². The van der Waals surface area contributed by atoms with Gasteiger partial charge in [0.05, 0.1) is 23.3 Å². The Morgan fingerprint density at radius 3 is 1.74 bits per heavy atom. The van der Waals surface area contributed by atoms with Crippen molar-refractivity contribution in [3.8, 4) is 0 Å². The number of aliphatic hydroxyl groups is 2. The number of hydrogen-bond donors (Lipinski definition) is 5. The van der Waals surface area contributed by atoms with Crippen LogP contribution in [-0.4, -0.2) is 45.3 Å². The molecule has 9 nitrogen and oxygen atoms in total. The minimum atomic E-state index is -5.00. The summed E-state index contributed by atoms with van der Waals surface area (Å²) in [5.74, 6) is -3.44. The van der Waals surface area contributed by atoms with Crippen LogP contribution < -0.4 is 29.6 Å². The van der Waals surface area contributed by atoms with Crippen molar-refractivity contribution in [3.05, 3.63) is 28.3 Å². The van der Waals surface area contributed by atoms with Crippen LogP contribution in [0.2, 0.25) is 0 Å². The van der Waals surface area contributed by atoms with Crippen molar-refractivity contribution in [3.63, 3.8) is 0 Å². The second kappa shape index (κ2) is 7.71. The average Bonchev–Trinajstić information content (AvgIpc) is 2.34. The van der Waals surface area contributed by atoms with Crippen LogP contribution in [0.25, 0.3) is 0 Å². The van der Waals surface area contributed by atoms with E-state index in [0.717, 1.165) is 13.8 Å². The quantitative estimate of drug-likeness (QED) is 0.283. The normalized spacial score (nSPS) is 13.8. The molecule has 0 aliphatic rings. The SMILES string of the molecule is CC(O)c1c(C(=O)O)cc(S(=O)(=O)O)c(C(C)O)c1C(=O)O.[H-].[Na+]. The Morgan fingerprint density at radius 1 is 1.04 bits per heavy atom. The van der Waals surface area contributed by atoms with E-state index >= 15 is 0 Å². The number of carbonyl (C=O) groups is 2. The molecule has 1 aromatic rings. The Balaban J connectivity index is 0. The van der Waals surface area contributed by atoms with Crippen LogP contribution in [0.15, 0.2) is 11.0 Å². The predicted molar refractivity (Wildman–Crippen MR) is 72.6 cm³/mol. The van der Waals surface area contributed by atoms with Crippen LogP contribution in [0.3, 0.4) is 0 Å². The monoisotopic (exact) mass is 358 g/mol. The Labute approximate surface area is 155 Å². The molecule has 1 rings (SSSR count). The van der Waals surface area contributed by atoms with E-state index in [2.05, 4.69) is 0 Å². The van der Waals surface area contributed by atoms with Crippen molar-refractivity contribution in [2.75, 3.05) is 0 Å². The molecule has 2 unspecified atom stereocenters. The molecular weight excluding hydrogens is 343 g/mol. The maximum absolute atomic E-state index is 11.4. The van der Waals surface area contributed by atoms with Gasteiger partial charge in [-0.2, -0.15) is 8.42 Å². The maximum Gasteiger partial charge on any atom is 1.00 e. The molecule has 1 aromatic carbocycles. The van der Waals surface area contributed by atoms with Gasteiger partial charge in [-0.15, -0.1) is 0 Å². The first-order chi connectivity index (χ1) is 9.89. The zero-order chi connectivity index (χ0) is 17.4. The second-order valence-electron chi connectivity index (χ2n) is 4.56. The van der Waals surface area contributed by atoms with Crippen LogP contribution in [0.1, 0.15) is 59.3 Å². The fourth-order valence-corrected chi connectivity index (χ4v) is 2.98. The predicted octanol–water partition coefficient (Wildman–Crippen LogP) is -2.45. The number of aromatic carboxylic acids is 2. The fraction of sp³-hybridized carbons (Fsp3) is 0.333. The number of rotatable bonds is 5. The number of hydrogen-bond acceptors (Lipinski definition) is 6. The molecule has 0 aliphatic carbocycles. The van der Waals surface area contributed by atoms with Crippen LogP contribution >= 0.6 is 0 Å². The van der Waals surface area contributed by atoms with E-state index in [4.69, 9.17) is 5.11 Å². The first kappa shape index (κ1) is 22.0. The summed E-state index contributed by atoms with van der Waals surface area (Å²) in [4.78, 5) is 21.6. The molecule has 124 valence electrons. The summed E-state index contributed by atoms with van der Waals surface area (Å²) in [5.41, 5.74) is -2.94. The summed E-state index contributed by atoms with van der Waals surface area (Å²) in [6, 6.07) is 0.508. The van der Waals surface area contributed by atoms with Crippen molar-refractivity contribution in [1.29, 1.82) is 0 Å². The first-order valence-electron chi connectivity index (χ1n) is 5.90. The van der Waals surface area contributed by atoms with Crippen molar-refractivity contribution in [1.82, 2.24) is 0 Å². The van der Waals surface area contributed by atoms with Crippen molar-refractivity contribution >= 4 is 22.1 Å². The van der Waals surface area contributed by atoms with E-state index in [-0.39, 0.29) is 31.0 Å². The number of benzene rings is 1. The zero-order valence-corrected chi connectivity index (χ0v) is 15.3. The molecule has 0 heterocycles. The third-order valence-electron chi connectivity index (χ3n) is 2.93. The van der Waals surface area contributed by atoms with Crippen molar-refractivity contribution in [2.45, 2.75) is 31.0 Å². The first-order valence-corrected chi connectivity index (χ1v) is 7.34. The van der Waals surface area contributed by atoms with Crippen molar-refractivity contribution < 1.29 is 74.0 Å². The van der Waals surface area contributed by atoms with Gasteiger partial charge < -0.3 is 21.9 Å². The van der Waals surface area contributed by atoms with Gasteiger partial charge in [0.2, 0.25) is 0 Å². The summed E-state index contributed by atoms with van der Waals surface area (Å²) in [7, 11) is -5.00. The van der Waals surface area contributed by atoms with Crippen molar-refractivity contribution in [2.24, 2.45) is 0 Å². The number of carboxylic acids is 2. The fourth-order valence-electron chi connectivity index (χ4n) is 2.16. The summed E-state index contributed by atoms with van der Waals surface area (Å²) < 4.78 is 31.9. The molecule has 5 N–H and O–H groups in total. The van der Waals surface area contributed by atoms with E-state index in [1.165, 1.54) is 0 Å². The maximum atomic E-state index is 11.4. The topological polar surface area (TPSA) is 169 Å². The van der Waals surface area contributed by atoms with Gasteiger partial charge in [-0.1, -0.05) is 0 Å². The summed E-state index contributed by atoms with van der Waals surface area (Å²) in [6.07, 6.45) is -3.21. The third kappa shape index (κ3) is 4.51. The van der Waals surface area contributed by atoms with E-state index < -0.39 is 61.4 Å². The Bertz CT molecular complexity index is 743. The molecule has 0 saturated heterocycles. The van der Waals surface area contributed by atoms with Gasteiger partial charge in [0.1, 0.15) is 4.90 Å². The average molecular weight is 358 g/mol. The Kier molecular flexibility index (Phi) is 7.37. The molecule has 0 saturated carbocycles. The molecule has 0 bridgehead atoms. The third-order valence-corrected chi connectivity index (χ3v) is 3.82. The van der Waals surface area contributed by atoms with Gasteiger partial charge in [-0.3, -0.25) is 4.55 Å². The molecule has 23 heavy (non-hydrogen) atoms. The van der Waals surface area contributed by atoms with E-state index in [1.54, 1.807) is 0 Å². The van der Waals surface area contributed by atoms with E-state index in [1.807, 2.05) is 0 Å². The van der Waals surface area contributed by atoms with Crippen LogP contribution in [-0.2, 0) is 10.1 Å². The smallest absolute Gasteiger partial charge is 1.00 e. The molecule has 2 atom stereocenters. The number of carboxylic acid groups (broad SMARTS) is 2. The van der Waals surface area contributed by atoms with E-state index in [0.29, 0.717) is 6.07 Å². The zero-order valence-electron chi connectivity index (χ0n) is 13.5. The molecular formula is C12H15NaO9S. The Hall–Kier alpha value is -1.01. The minimum Gasteiger partial charge on any atom is -1.00 e. The largest absolute Gasteiger partial charge is 1.00 e. The van der Waals surface area contributed by atoms with Gasteiger partial charge in [-0.05, 0) is 19.9 Å². The molecule has 0 spiro atoms. The Morgan fingerprint density at radius 2 is 1.48 bits per heavy atom. The second-order valence-corrected chi connectivity index (χ2v) is 5.95. The number of aliphatic hydroxyl groups excluding tert-OH is 2. The van der Waals surface area contributed by atoms with Crippen LogP contribution in [0.4, 0.5) is 0 Å². The van der Waals surface area contributed by atoms with Gasteiger partial charge in [0.25, 0.3) is 10.1 Å². The summed E-state index contributed by atoms with van der Waals surface area (Å²) in [6.45, 7) is 2.13.